The van der Waals surface area contributed by atoms with Gasteiger partial charge in [0, 0.05) is 5.69 Å². The van der Waals surface area contributed by atoms with E-state index in [1.807, 2.05) is 24.3 Å². The third-order valence-electron chi connectivity index (χ3n) is 2.92. The summed E-state index contributed by atoms with van der Waals surface area (Å²) >= 11 is 0. The lowest BCUT2D eigenvalue weighted by molar-refractivity contribution is 0.578. The molecule has 0 amide bonds. The van der Waals surface area contributed by atoms with Crippen molar-refractivity contribution < 1.29 is 9.41 Å². The highest BCUT2D eigenvalue weighted by Crippen LogP contribution is 2.18. The largest absolute Gasteiger partial charge is 0.471 e. The van der Waals surface area contributed by atoms with Crippen LogP contribution in [0.15, 0.2) is 53.6 Å². The van der Waals surface area contributed by atoms with Crippen LogP contribution >= 0.6 is 0 Å². The molecule has 1 N–H and O–H groups in total. The van der Waals surface area contributed by atoms with Gasteiger partial charge in [-0.15, -0.1) is 0 Å². The Morgan fingerprint density at radius 1 is 1.06 bits per heavy atom. The van der Waals surface area contributed by atoms with E-state index >= 15 is 0 Å². The highest BCUT2D eigenvalue weighted by Gasteiger charge is 2.29. The fourth-order valence-electron chi connectivity index (χ4n) is 1.98. The van der Waals surface area contributed by atoms with Crippen LogP contribution in [-0.4, -0.2) is 18.3 Å². The fourth-order valence-corrected chi connectivity index (χ4v) is 1.98. The number of hydrogen-bond donors (Lipinski definition) is 1. The van der Waals surface area contributed by atoms with Gasteiger partial charge in [-0.2, -0.15) is 5.10 Å². The molecule has 0 aliphatic carbocycles. The second-order valence-corrected chi connectivity index (χ2v) is 4.07. The first-order valence-corrected chi connectivity index (χ1v) is 5.61. The normalized spacial score (nSPS) is 13.7. The van der Waals surface area contributed by atoms with Crippen molar-refractivity contribution in [3.63, 3.8) is 0 Å². The molecule has 88 valence electrons. The topological polar surface area (TPSA) is 35.8 Å². The van der Waals surface area contributed by atoms with Gasteiger partial charge in [0.2, 0.25) is 0 Å². The summed E-state index contributed by atoms with van der Waals surface area (Å²) in [6, 6.07) is 13.4. The van der Waals surface area contributed by atoms with Gasteiger partial charge >= 0.3 is 7.05 Å². The van der Waals surface area contributed by atoms with Crippen molar-refractivity contribution in [1.82, 2.24) is 0 Å². The first kappa shape index (κ1) is 11.0. The lowest BCUT2D eigenvalue weighted by Gasteiger charge is -2.26. The fraction of sp³-hybridized carbons (Fsp3) is 0. The van der Waals surface area contributed by atoms with Crippen molar-refractivity contribution in [2.75, 3.05) is 4.92 Å². The lowest BCUT2D eigenvalue weighted by Crippen LogP contribution is -2.50. The van der Waals surface area contributed by atoms with Crippen LogP contribution in [0.25, 0.3) is 0 Å². The van der Waals surface area contributed by atoms with Crippen LogP contribution in [0.1, 0.15) is 5.56 Å². The maximum absolute atomic E-state index is 12.9. The molecule has 1 aliphatic rings. The van der Waals surface area contributed by atoms with Gasteiger partial charge in [-0.3, -0.25) is 4.92 Å². The first-order chi connectivity index (χ1) is 8.75. The summed E-state index contributed by atoms with van der Waals surface area (Å²) in [6.45, 7) is 0. The van der Waals surface area contributed by atoms with Crippen molar-refractivity contribution in [2.24, 2.45) is 5.10 Å². The Balaban J connectivity index is 2.00. The van der Waals surface area contributed by atoms with Crippen LogP contribution in [0.5, 0.6) is 0 Å². The number of hydrogen-bond acceptors (Lipinski definition) is 3. The number of fused-ring (bicyclic) bond motifs is 1. The van der Waals surface area contributed by atoms with Crippen LogP contribution < -0.4 is 10.4 Å². The maximum atomic E-state index is 12.9. The molecule has 3 nitrogen and oxygen atoms in total. The molecule has 2 aromatic carbocycles. The SMILES string of the molecule is OB1c2ccccc2C=NN1c1ccc(F)cc1. The molecule has 2 aromatic rings. The van der Waals surface area contributed by atoms with Crippen LogP contribution in [0.3, 0.4) is 0 Å². The first-order valence-electron chi connectivity index (χ1n) is 5.61. The Labute approximate surface area is 104 Å². The Morgan fingerprint density at radius 3 is 2.56 bits per heavy atom. The molecule has 18 heavy (non-hydrogen) atoms. The molecule has 0 bridgehead atoms. The highest BCUT2D eigenvalue weighted by molar-refractivity contribution is 6.71. The van der Waals surface area contributed by atoms with Gasteiger partial charge in [-0.25, -0.2) is 4.39 Å². The van der Waals surface area contributed by atoms with Crippen molar-refractivity contribution in [1.29, 1.82) is 0 Å². The summed E-state index contributed by atoms with van der Waals surface area (Å²) in [5, 5.41) is 14.4. The van der Waals surface area contributed by atoms with Crippen LogP contribution in [-0.2, 0) is 0 Å². The summed E-state index contributed by atoms with van der Waals surface area (Å²) in [7, 11) is -0.850. The van der Waals surface area contributed by atoms with Crippen LogP contribution in [0.4, 0.5) is 10.1 Å². The van der Waals surface area contributed by atoms with Gasteiger partial charge in [0.1, 0.15) is 5.82 Å². The van der Waals surface area contributed by atoms with Gasteiger partial charge in [0.25, 0.3) is 0 Å². The number of anilines is 1. The van der Waals surface area contributed by atoms with E-state index < -0.39 is 7.05 Å². The molecule has 0 saturated carbocycles. The van der Waals surface area contributed by atoms with E-state index in [9.17, 15) is 9.41 Å². The smallest absolute Gasteiger partial charge is 0.427 e. The molecule has 0 aromatic heterocycles. The van der Waals surface area contributed by atoms with Crippen molar-refractivity contribution >= 4 is 24.4 Å². The number of rotatable bonds is 1. The molecule has 0 saturated heterocycles. The molecule has 0 fully saturated rings. The molecule has 3 rings (SSSR count). The Bertz CT molecular complexity index is 600. The van der Waals surface area contributed by atoms with Crippen molar-refractivity contribution in [2.45, 2.75) is 0 Å². The van der Waals surface area contributed by atoms with Gasteiger partial charge in [0.05, 0.1) is 6.21 Å². The predicted molar refractivity (Wildman–Crippen MR) is 70.5 cm³/mol. The summed E-state index contributed by atoms with van der Waals surface area (Å²) < 4.78 is 12.9. The van der Waals surface area contributed by atoms with Crippen molar-refractivity contribution in [3.8, 4) is 0 Å². The van der Waals surface area contributed by atoms with Gasteiger partial charge in [-0.1, -0.05) is 24.3 Å². The minimum atomic E-state index is -0.850. The molecule has 0 spiro atoms. The van der Waals surface area contributed by atoms with E-state index in [2.05, 4.69) is 5.10 Å². The van der Waals surface area contributed by atoms with Gasteiger partial charge in [-0.05, 0) is 35.3 Å². The van der Waals surface area contributed by atoms with Crippen LogP contribution in [0, 0.1) is 5.82 Å². The summed E-state index contributed by atoms with van der Waals surface area (Å²) in [5.41, 5.74) is 2.33. The summed E-state index contributed by atoms with van der Waals surface area (Å²) in [5.74, 6) is -0.311. The average Bonchev–Trinajstić information content (AvgIpc) is 2.41. The summed E-state index contributed by atoms with van der Waals surface area (Å²) in [4.78, 5) is 1.46. The minimum Gasteiger partial charge on any atom is -0.427 e. The zero-order chi connectivity index (χ0) is 12.5. The third kappa shape index (κ3) is 1.78. The van der Waals surface area contributed by atoms with Crippen LogP contribution in [0.2, 0.25) is 0 Å². The number of benzene rings is 2. The quantitative estimate of drug-likeness (QED) is 0.764. The summed E-state index contributed by atoms with van der Waals surface area (Å²) in [6.07, 6.45) is 1.69. The van der Waals surface area contributed by atoms with E-state index in [1.165, 1.54) is 17.1 Å². The second-order valence-electron chi connectivity index (χ2n) is 4.07. The molecule has 0 radical (unpaired) electrons. The monoisotopic (exact) mass is 240 g/mol. The predicted octanol–water partition coefficient (Wildman–Crippen LogP) is 1.37. The molecule has 0 atom stereocenters. The Kier molecular flexibility index (Phi) is 2.61. The standard InChI is InChI=1S/C13H10BFN2O/c15-11-5-7-12(8-6-11)17-14(18)13-4-2-1-3-10(13)9-16-17/h1-9,18H. The third-order valence-corrected chi connectivity index (χ3v) is 2.92. The lowest BCUT2D eigenvalue weighted by atomic mass is 9.69. The minimum absolute atomic E-state index is 0.311. The highest BCUT2D eigenvalue weighted by atomic mass is 19.1. The molecule has 0 unspecified atom stereocenters. The van der Waals surface area contributed by atoms with E-state index in [4.69, 9.17) is 0 Å². The Hall–Kier alpha value is -2.14. The van der Waals surface area contributed by atoms with E-state index in [1.54, 1.807) is 18.3 Å². The molecule has 1 heterocycles. The van der Waals surface area contributed by atoms with Gasteiger partial charge < -0.3 is 5.02 Å². The molecule has 1 aliphatic heterocycles. The number of halogens is 1. The number of hydrazone groups is 1. The zero-order valence-corrected chi connectivity index (χ0v) is 9.49. The molecule has 5 heteroatoms. The van der Waals surface area contributed by atoms with Gasteiger partial charge in [0.15, 0.2) is 0 Å². The Morgan fingerprint density at radius 2 is 1.78 bits per heavy atom. The average molecular weight is 240 g/mol. The number of nitrogens with zero attached hydrogens (tertiary/aromatic N) is 2. The zero-order valence-electron chi connectivity index (χ0n) is 9.49. The second kappa shape index (κ2) is 4.27. The van der Waals surface area contributed by atoms with Crippen molar-refractivity contribution in [3.05, 3.63) is 59.9 Å². The van der Waals surface area contributed by atoms with E-state index in [0.717, 1.165) is 11.0 Å². The van der Waals surface area contributed by atoms with E-state index in [-0.39, 0.29) is 5.82 Å². The molecular formula is C13H10BFN2O. The van der Waals surface area contributed by atoms with E-state index in [0.29, 0.717) is 5.69 Å². The molecular weight excluding hydrogens is 230 g/mol. The maximum Gasteiger partial charge on any atom is 0.471 e.